The number of hydrogen-bond donors (Lipinski definition) is 4. The van der Waals surface area contributed by atoms with Gasteiger partial charge in [0, 0.05) is 5.82 Å². The molecule has 1 aliphatic rings. The molecule has 13 heavy (non-hydrogen) atoms. The lowest BCUT2D eigenvalue weighted by atomic mass is 10.1. The summed E-state index contributed by atoms with van der Waals surface area (Å²) < 4.78 is 15.2. The molecule has 0 aromatic heterocycles. The Hall–Kier alpha value is -0.230. The van der Waals surface area contributed by atoms with Gasteiger partial charge in [-0.2, -0.15) is 0 Å². The summed E-state index contributed by atoms with van der Waals surface area (Å²) in [6.45, 7) is -0.0304. The van der Waals surface area contributed by atoms with E-state index < -0.39 is 25.9 Å². The minimum atomic E-state index is -4.22. The van der Waals surface area contributed by atoms with E-state index in [4.69, 9.17) is 19.6 Å². The van der Waals surface area contributed by atoms with Crippen molar-refractivity contribution in [3.05, 3.63) is 11.9 Å². The Labute approximate surface area is 74.6 Å². The molecule has 0 saturated carbocycles. The molecule has 3 atom stereocenters. The number of aliphatic hydroxyl groups is 2. The van der Waals surface area contributed by atoms with E-state index >= 15 is 0 Å². The summed E-state index contributed by atoms with van der Waals surface area (Å²) >= 11 is 0. The molecular formula is C6H11O6P. The first-order valence-electron chi connectivity index (χ1n) is 3.62. The zero-order valence-electron chi connectivity index (χ0n) is 6.65. The molecule has 0 amide bonds. The highest BCUT2D eigenvalue weighted by atomic mass is 31.2. The van der Waals surface area contributed by atoms with Crippen molar-refractivity contribution in [3.63, 3.8) is 0 Å². The number of aliphatic hydroxyl groups excluding tert-OH is 2. The Bertz CT molecular complexity index is 246. The van der Waals surface area contributed by atoms with Gasteiger partial charge in [0.15, 0.2) is 0 Å². The van der Waals surface area contributed by atoms with Crippen molar-refractivity contribution >= 4 is 7.60 Å². The summed E-state index contributed by atoms with van der Waals surface area (Å²) in [6.07, 6.45) is -1.90. The van der Waals surface area contributed by atoms with Gasteiger partial charge in [-0.1, -0.05) is 0 Å². The van der Waals surface area contributed by atoms with Gasteiger partial charge in [-0.25, -0.2) is 0 Å². The third-order valence-electron chi connectivity index (χ3n) is 1.66. The zero-order valence-corrected chi connectivity index (χ0v) is 7.54. The van der Waals surface area contributed by atoms with Gasteiger partial charge in [0.1, 0.15) is 18.3 Å². The average Bonchev–Trinajstić information content (AvgIpc) is 2.29. The first-order chi connectivity index (χ1) is 5.90. The molecule has 0 aromatic rings. The molecule has 6 nitrogen and oxygen atoms in total. The molecule has 1 rings (SSSR count). The highest BCUT2D eigenvalue weighted by molar-refractivity contribution is 7.55. The van der Waals surface area contributed by atoms with Crippen molar-refractivity contribution in [2.75, 3.05) is 6.61 Å². The van der Waals surface area contributed by atoms with Crippen LogP contribution in [0.1, 0.15) is 0 Å². The normalized spacial score (nSPS) is 35.8. The van der Waals surface area contributed by atoms with Crippen molar-refractivity contribution < 1.29 is 29.3 Å². The van der Waals surface area contributed by atoms with Gasteiger partial charge in [0.05, 0.1) is 6.61 Å². The highest BCUT2D eigenvalue weighted by Crippen LogP contribution is 2.36. The van der Waals surface area contributed by atoms with E-state index in [2.05, 4.69) is 0 Å². The second-order valence-electron chi connectivity index (χ2n) is 2.79. The van der Waals surface area contributed by atoms with E-state index in [9.17, 15) is 9.67 Å². The Kier molecular flexibility index (Phi) is 3.23. The largest absolute Gasteiger partial charge is 0.388 e. The number of hydrogen-bond acceptors (Lipinski definition) is 4. The van der Waals surface area contributed by atoms with Crippen molar-refractivity contribution in [1.29, 1.82) is 0 Å². The highest BCUT2D eigenvalue weighted by Gasteiger charge is 2.33. The van der Waals surface area contributed by atoms with Crippen LogP contribution in [0, 0.1) is 0 Å². The molecule has 0 bridgehead atoms. The Morgan fingerprint density at radius 3 is 2.38 bits per heavy atom. The third kappa shape index (κ3) is 3.19. The van der Waals surface area contributed by atoms with Crippen LogP contribution in [0.3, 0.4) is 0 Å². The van der Waals surface area contributed by atoms with E-state index in [-0.39, 0.29) is 6.61 Å². The average molecular weight is 210 g/mol. The molecule has 0 radical (unpaired) electrons. The second-order valence-corrected chi connectivity index (χ2v) is 4.26. The molecule has 1 fully saturated rings. The van der Waals surface area contributed by atoms with Gasteiger partial charge in [-0.05, 0) is 6.08 Å². The van der Waals surface area contributed by atoms with Crippen molar-refractivity contribution in [2.45, 2.75) is 18.3 Å². The van der Waals surface area contributed by atoms with Crippen LogP contribution in [0.2, 0.25) is 0 Å². The Balaban J connectivity index is 2.56. The van der Waals surface area contributed by atoms with Crippen molar-refractivity contribution in [1.82, 2.24) is 0 Å². The van der Waals surface area contributed by atoms with E-state index in [0.29, 0.717) is 5.82 Å². The lowest BCUT2D eigenvalue weighted by Gasteiger charge is -2.09. The second kappa shape index (κ2) is 3.88. The maximum atomic E-state index is 10.4. The SMILES string of the molecule is O=P(O)(O)/C=C/[C@H]1OC[C@@H](O)C1O. The lowest BCUT2D eigenvalue weighted by molar-refractivity contribution is 0.0420. The van der Waals surface area contributed by atoms with E-state index in [1.54, 1.807) is 0 Å². The van der Waals surface area contributed by atoms with E-state index in [1.165, 1.54) is 0 Å². The molecule has 1 aliphatic heterocycles. The van der Waals surface area contributed by atoms with Crippen LogP contribution in [0.25, 0.3) is 0 Å². The van der Waals surface area contributed by atoms with Gasteiger partial charge < -0.3 is 24.7 Å². The van der Waals surface area contributed by atoms with Crippen LogP contribution in [-0.2, 0) is 9.30 Å². The van der Waals surface area contributed by atoms with E-state index in [0.717, 1.165) is 6.08 Å². The molecule has 0 spiro atoms. The zero-order chi connectivity index (χ0) is 10.1. The molecule has 76 valence electrons. The molecule has 1 unspecified atom stereocenters. The Morgan fingerprint density at radius 2 is 2.00 bits per heavy atom. The lowest BCUT2D eigenvalue weighted by Crippen LogP contribution is -2.28. The van der Waals surface area contributed by atoms with Crippen LogP contribution in [0.15, 0.2) is 11.9 Å². The smallest absolute Gasteiger partial charge is 0.348 e. The topological polar surface area (TPSA) is 107 Å². The van der Waals surface area contributed by atoms with Crippen molar-refractivity contribution in [3.8, 4) is 0 Å². The van der Waals surface area contributed by atoms with Gasteiger partial charge in [-0.15, -0.1) is 0 Å². The van der Waals surface area contributed by atoms with Gasteiger partial charge in [0.2, 0.25) is 0 Å². The third-order valence-corrected chi connectivity index (χ3v) is 2.22. The molecule has 0 aromatic carbocycles. The Morgan fingerprint density at radius 1 is 1.38 bits per heavy atom. The molecule has 1 saturated heterocycles. The summed E-state index contributed by atoms with van der Waals surface area (Å²) in [5.41, 5.74) is 0. The first-order valence-corrected chi connectivity index (χ1v) is 5.30. The predicted octanol–water partition coefficient (Wildman–Crippen LogP) is -1.20. The molecule has 0 aliphatic carbocycles. The fraction of sp³-hybridized carbons (Fsp3) is 0.667. The minimum absolute atomic E-state index is 0.0304. The summed E-state index contributed by atoms with van der Waals surface area (Å²) in [4.78, 5) is 16.9. The standard InChI is InChI=1S/C6H11O6P/c7-4-3-12-5(6(4)8)1-2-13(9,10)11/h1-2,4-8H,3H2,(H2,9,10,11)/b2-1+/t4-,5-,6?/m1/s1. The summed E-state index contributed by atoms with van der Waals surface area (Å²) in [5.74, 6) is 0.652. The summed E-state index contributed by atoms with van der Waals surface area (Å²) in [5, 5.41) is 18.2. The molecule has 1 heterocycles. The predicted molar refractivity (Wildman–Crippen MR) is 42.9 cm³/mol. The van der Waals surface area contributed by atoms with Gasteiger partial charge >= 0.3 is 7.60 Å². The van der Waals surface area contributed by atoms with E-state index in [1.807, 2.05) is 0 Å². The summed E-state index contributed by atoms with van der Waals surface area (Å²) in [7, 11) is -4.22. The van der Waals surface area contributed by atoms with Crippen LogP contribution in [-0.4, -0.2) is 44.9 Å². The van der Waals surface area contributed by atoms with Crippen LogP contribution in [0.5, 0.6) is 0 Å². The van der Waals surface area contributed by atoms with Gasteiger partial charge in [0.25, 0.3) is 0 Å². The first kappa shape index (κ1) is 10.8. The molecule has 4 N–H and O–H groups in total. The minimum Gasteiger partial charge on any atom is -0.388 e. The fourth-order valence-electron chi connectivity index (χ4n) is 0.992. The van der Waals surface area contributed by atoms with Crippen LogP contribution < -0.4 is 0 Å². The maximum Gasteiger partial charge on any atom is 0.348 e. The molecular weight excluding hydrogens is 199 g/mol. The van der Waals surface area contributed by atoms with Crippen LogP contribution in [0.4, 0.5) is 0 Å². The monoisotopic (exact) mass is 210 g/mol. The number of rotatable bonds is 2. The molecule has 7 heteroatoms. The van der Waals surface area contributed by atoms with Crippen LogP contribution >= 0.6 is 7.60 Å². The van der Waals surface area contributed by atoms with Gasteiger partial charge in [-0.3, -0.25) is 4.57 Å². The summed E-state index contributed by atoms with van der Waals surface area (Å²) in [6, 6.07) is 0. The van der Waals surface area contributed by atoms with Crippen molar-refractivity contribution in [2.24, 2.45) is 0 Å². The fourth-order valence-corrected chi connectivity index (χ4v) is 1.39. The number of ether oxygens (including phenoxy) is 1. The quantitative estimate of drug-likeness (QED) is 0.426. The maximum absolute atomic E-state index is 10.4.